The minimum absolute atomic E-state index is 0.110. The summed E-state index contributed by atoms with van der Waals surface area (Å²) in [7, 11) is 1.76. The van der Waals surface area contributed by atoms with E-state index in [9.17, 15) is 4.79 Å². The summed E-state index contributed by atoms with van der Waals surface area (Å²) in [5, 5.41) is 2.75. The van der Waals surface area contributed by atoms with Crippen LogP contribution in [0.2, 0.25) is 0 Å². The van der Waals surface area contributed by atoms with Crippen LogP contribution in [0.1, 0.15) is 12.0 Å². The average Bonchev–Trinajstić information content (AvgIpc) is 2.42. The van der Waals surface area contributed by atoms with E-state index >= 15 is 0 Å². The highest BCUT2D eigenvalue weighted by molar-refractivity contribution is 9.11. The monoisotopic (exact) mass is 340 g/mol. The number of amides is 2. The topological polar surface area (TPSA) is 41.6 Å². The van der Waals surface area contributed by atoms with E-state index in [1.54, 1.807) is 11.9 Å². The second-order valence-corrected chi connectivity index (χ2v) is 5.69. The molecule has 0 saturated carbocycles. The minimum atomic E-state index is -0.110. The van der Waals surface area contributed by atoms with Crippen LogP contribution in [-0.4, -0.2) is 37.7 Å². The van der Waals surface area contributed by atoms with Gasteiger partial charge < -0.3 is 15.0 Å². The summed E-state index contributed by atoms with van der Waals surface area (Å²) in [6.07, 6.45) is 0.785. The van der Waals surface area contributed by atoms with Crippen molar-refractivity contribution < 1.29 is 9.53 Å². The Kier molecular flexibility index (Phi) is 7.15. The van der Waals surface area contributed by atoms with Crippen LogP contribution in [0.15, 0.2) is 35.3 Å². The highest BCUT2D eigenvalue weighted by Crippen LogP contribution is 2.16. The molecule has 2 amide bonds. The van der Waals surface area contributed by atoms with Crippen molar-refractivity contribution in [3.8, 4) is 5.75 Å². The third kappa shape index (κ3) is 6.10. The average molecular weight is 341 g/mol. The Labute approximate surface area is 128 Å². The molecule has 0 spiro atoms. The van der Waals surface area contributed by atoms with Crippen molar-refractivity contribution in [3.05, 3.63) is 40.9 Å². The molecular weight excluding hydrogens is 320 g/mol. The normalized spacial score (nSPS) is 9.95. The molecule has 0 saturated heterocycles. The number of ether oxygens (including phenoxy) is 1. The van der Waals surface area contributed by atoms with Crippen LogP contribution < -0.4 is 10.1 Å². The maximum absolute atomic E-state index is 11.7. The zero-order valence-corrected chi connectivity index (χ0v) is 13.6. The van der Waals surface area contributed by atoms with Gasteiger partial charge in [0.05, 0.1) is 13.2 Å². The molecule has 0 unspecified atom stereocenters. The van der Waals surface area contributed by atoms with Crippen molar-refractivity contribution >= 4 is 22.0 Å². The molecule has 1 aromatic carbocycles. The quantitative estimate of drug-likeness (QED) is 0.773. The molecule has 110 valence electrons. The molecule has 0 fully saturated rings. The van der Waals surface area contributed by atoms with Crippen LogP contribution in [0.4, 0.5) is 4.79 Å². The van der Waals surface area contributed by atoms with E-state index in [2.05, 4.69) is 27.8 Å². The van der Waals surface area contributed by atoms with Crippen molar-refractivity contribution in [3.63, 3.8) is 0 Å². The molecule has 0 bridgehead atoms. The van der Waals surface area contributed by atoms with Gasteiger partial charge in [-0.25, -0.2) is 4.79 Å². The number of carbonyl (C=O) groups is 1. The van der Waals surface area contributed by atoms with Crippen LogP contribution in [0.5, 0.6) is 5.75 Å². The van der Waals surface area contributed by atoms with E-state index in [4.69, 9.17) is 4.74 Å². The molecule has 5 heteroatoms. The molecule has 0 radical (unpaired) electrons. The van der Waals surface area contributed by atoms with Gasteiger partial charge in [-0.05, 0) is 25.0 Å². The first-order valence-corrected chi connectivity index (χ1v) is 7.30. The summed E-state index contributed by atoms with van der Waals surface area (Å²) < 4.78 is 6.44. The Balaban J connectivity index is 2.22. The van der Waals surface area contributed by atoms with E-state index in [1.807, 2.05) is 31.2 Å². The molecule has 20 heavy (non-hydrogen) atoms. The largest absolute Gasteiger partial charge is 0.493 e. The molecular formula is C15H21BrN2O2. The summed E-state index contributed by atoms with van der Waals surface area (Å²) in [5.74, 6) is 0.898. The number of hydrogen-bond donors (Lipinski definition) is 1. The van der Waals surface area contributed by atoms with Crippen LogP contribution in [-0.2, 0) is 0 Å². The zero-order chi connectivity index (χ0) is 15.0. The zero-order valence-electron chi connectivity index (χ0n) is 12.0. The van der Waals surface area contributed by atoms with E-state index < -0.39 is 0 Å². The number of nitrogens with zero attached hydrogens (tertiary/aromatic N) is 1. The minimum Gasteiger partial charge on any atom is -0.493 e. The van der Waals surface area contributed by atoms with E-state index in [-0.39, 0.29) is 6.03 Å². The Morgan fingerprint density at radius 1 is 1.45 bits per heavy atom. The Morgan fingerprint density at radius 2 is 2.15 bits per heavy atom. The lowest BCUT2D eigenvalue weighted by molar-refractivity contribution is 0.204. The predicted molar refractivity (Wildman–Crippen MR) is 85.4 cm³/mol. The molecule has 0 aliphatic carbocycles. The van der Waals surface area contributed by atoms with Gasteiger partial charge in [0.1, 0.15) is 5.75 Å². The molecule has 1 N–H and O–H groups in total. The third-order valence-corrected chi connectivity index (χ3v) is 3.05. The number of halogens is 1. The lowest BCUT2D eigenvalue weighted by Crippen LogP contribution is -2.38. The van der Waals surface area contributed by atoms with Crippen molar-refractivity contribution in [1.29, 1.82) is 0 Å². The summed E-state index contributed by atoms with van der Waals surface area (Å²) in [5.41, 5.74) is 1.12. The van der Waals surface area contributed by atoms with Crippen molar-refractivity contribution in [2.24, 2.45) is 0 Å². The first-order valence-electron chi connectivity index (χ1n) is 6.51. The number of para-hydroxylation sites is 1. The van der Waals surface area contributed by atoms with Crippen molar-refractivity contribution in [2.75, 3.05) is 26.7 Å². The third-order valence-electron chi connectivity index (χ3n) is 2.77. The SMILES string of the molecule is C=C(Br)CNC(=O)N(C)CCCOc1ccccc1C. The van der Waals surface area contributed by atoms with Gasteiger partial charge in [-0.15, -0.1) is 0 Å². The van der Waals surface area contributed by atoms with E-state index in [0.29, 0.717) is 19.7 Å². The Morgan fingerprint density at radius 3 is 2.80 bits per heavy atom. The number of urea groups is 1. The van der Waals surface area contributed by atoms with Gasteiger partial charge >= 0.3 is 6.03 Å². The molecule has 4 nitrogen and oxygen atoms in total. The maximum Gasteiger partial charge on any atom is 0.317 e. The highest BCUT2D eigenvalue weighted by atomic mass is 79.9. The first kappa shape index (κ1) is 16.6. The molecule has 1 aromatic rings. The van der Waals surface area contributed by atoms with Gasteiger partial charge in [0.2, 0.25) is 0 Å². The predicted octanol–water partition coefficient (Wildman–Crippen LogP) is 3.31. The number of benzene rings is 1. The van der Waals surface area contributed by atoms with E-state index in [0.717, 1.165) is 22.2 Å². The van der Waals surface area contributed by atoms with Gasteiger partial charge in [-0.3, -0.25) is 0 Å². The van der Waals surface area contributed by atoms with Crippen molar-refractivity contribution in [1.82, 2.24) is 10.2 Å². The Hall–Kier alpha value is -1.49. The van der Waals surface area contributed by atoms with Crippen LogP contribution in [0.25, 0.3) is 0 Å². The lowest BCUT2D eigenvalue weighted by atomic mass is 10.2. The summed E-state index contributed by atoms with van der Waals surface area (Å²) >= 11 is 3.20. The summed E-state index contributed by atoms with van der Waals surface area (Å²) in [6, 6.07) is 7.80. The molecule has 0 aliphatic heterocycles. The summed E-state index contributed by atoms with van der Waals surface area (Å²) in [4.78, 5) is 13.3. The number of carbonyl (C=O) groups excluding carboxylic acids is 1. The van der Waals surface area contributed by atoms with Gasteiger partial charge in [0, 0.05) is 18.1 Å². The molecule has 1 rings (SSSR count). The van der Waals surface area contributed by atoms with Gasteiger partial charge in [0.25, 0.3) is 0 Å². The van der Waals surface area contributed by atoms with Crippen molar-refractivity contribution in [2.45, 2.75) is 13.3 Å². The fourth-order valence-corrected chi connectivity index (χ4v) is 1.75. The number of nitrogens with one attached hydrogen (secondary N) is 1. The molecule has 0 aliphatic rings. The van der Waals surface area contributed by atoms with Gasteiger partial charge in [0.15, 0.2) is 0 Å². The van der Waals surface area contributed by atoms with Gasteiger partial charge in [-0.2, -0.15) is 0 Å². The van der Waals surface area contributed by atoms with Crippen LogP contribution in [0.3, 0.4) is 0 Å². The molecule has 0 heterocycles. The van der Waals surface area contributed by atoms with Gasteiger partial charge in [-0.1, -0.05) is 40.7 Å². The fourth-order valence-electron chi connectivity index (χ4n) is 1.61. The van der Waals surface area contributed by atoms with Crippen LogP contribution >= 0.6 is 15.9 Å². The second kappa shape index (κ2) is 8.64. The molecule has 0 atom stereocenters. The number of rotatable bonds is 7. The maximum atomic E-state index is 11.7. The van der Waals surface area contributed by atoms with Crippen LogP contribution in [0, 0.1) is 6.92 Å². The summed E-state index contributed by atoms with van der Waals surface area (Å²) in [6.45, 7) is 7.35. The van der Waals surface area contributed by atoms with E-state index in [1.165, 1.54) is 0 Å². The molecule has 0 aromatic heterocycles. The fraction of sp³-hybridized carbons (Fsp3) is 0.400. The Bertz CT molecular complexity index is 463. The first-order chi connectivity index (χ1) is 9.50. The number of aryl methyl sites for hydroxylation is 1. The lowest BCUT2D eigenvalue weighted by Gasteiger charge is -2.18. The highest BCUT2D eigenvalue weighted by Gasteiger charge is 2.07. The number of hydrogen-bond acceptors (Lipinski definition) is 2. The second-order valence-electron chi connectivity index (χ2n) is 4.57. The standard InChI is InChI=1S/C15H21BrN2O2/c1-12-7-4-5-8-14(12)20-10-6-9-18(3)15(19)17-11-13(2)16/h4-5,7-8H,2,6,9-11H2,1,3H3,(H,17,19). The smallest absolute Gasteiger partial charge is 0.317 e.